The molecule has 1 heterocycles. The summed E-state index contributed by atoms with van der Waals surface area (Å²) in [6, 6.07) is 11.6. The average Bonchev–Trinajstić information content (AvgIpc) is 2.62. The molecule has 2 N–H and O–H groups in total. The number of hydrogen-bond acceptors (Lipinski definition) is 4. The van der Waals surface area contributed by atoms with Gasteiger partial charge in [-0.05, 0) is 42.0 Å². The molecule has 2 amide bonds. The summed E-state index contributed by atoms with van der Waals surface area (Å²) in [4.78, 5) is 28.6. The van der Waals surface area contributed by atoms with Crippen molar-refractivity contribution in [2.24, 2.45) is 4.99 Å². The number of carbonyl (C=O) groups is 2. The van der Waals surface area contributed by atoms with Crippen molar-refractivity contribution in [3.63, 3.8) is 0 Å². The Labute approximate surface area is 158 Å². The van der Waals surface area contributed by atoms with E-state index in [1.54, 1.807) is 24.3 Å². The molecule has 1 atom stereocenters. The van der Waals surface area contributed by atoms with Crippen LogP contribution < -0.4 is 15.4 Å². The highest BCUT2D eigenvalue weighted by atomic mass is 35.5. The lowest BCUT2D eigenvalue weighted by Gasteiger charge is -2.21. The minimum atomic E-state index is -2.94. The zero-order valence-electron chi connectivity index (χ0n) is 13.8. The first-order valence-electron chi connectivity index (χ1n) is 7.90. The van der Waals surface area contributed by atoms with Crippen LogP contribution in [0.2, 0.25) is 5.02 Å². The fourth-order valence-electron chi connectivity index (χ4n) is 2.50. The van der Waals surface area contributed by atoms with E-state index in [2.05, 4.69) is 20.4 Å². The van der Waals surface area contributed by atoms with Crippen LogP contribution in [0.1, 0.15) is 28.4 Å². The monoisotopic (exact) mass is 393 g/mol. The first kappa shape index (κ1) is 18.8. The third-order valence-corrected chi connectivity index (χ3v) is 4.00. The van der Waals surface area contributed by atoms with Crippen LogP contribution in [-0.2, 0) is 4.79 Å². The Morgan fingerprint density at radius 2 is 1.85 bits per heavy atom. The molecule has 1 unspecified atom stereocenters. The van der Waals surface area contributed by atoms with E-state index in [1.165, 1.54) is 24.3 Å². The average molecular weight is 394 g/mol. The lowest BCUT2D eigenvalue weighted by Crippen LogP contribution is -2.47. The summed E-state index contributed by atoms with van der Waals surface area (Å²) in [5, 5.41) is 5.56. The standard InChI is InChI=1S/C18H14ClF2N3O3/c19-12-5-1-10(2-6-12)14-9-15(25)23-18(22-14)24-16(26)11-3-7-13(8-4-11)27-17(20)21/h1-8,14,17H,9H2,(H2,22,23,24,25,26). The zero-order valence-corrected chi connectivity index (χ0v) is 14.5. The summed E-state index contributed by atoms with van der Waals surface area (Å²) in [5.74, 6) is -0.882. The van der Waals surface area contributed by atoms with Gasteiger partial charge in [0, 0.05) is 10.6 Å². The van der Waals surface area contributed by atoms with E-state index in [-0.39, 0.29) is 29.6 Å². The van der Waals surface area contributed by atoms with Gasteiger partial charge in [0.25, 0.3) is 5.91 Å². The summed E-state index contributed by atoms with van der Waals surface area (Å²) >= 11 is 5.86. The summed E-state index contributed by atoms with van der Waals surface area (Å²) in [5.41, 5.74) is 0.983. The smallest absolute Gasteiger partial charge is 0.387 e. The SMILES string of the molecule is O=C1CC(c2ccc(Cl)cc2)N=C(NC(=O)c2ccc(OC(F)F)cc2)N1. The Hall–Kier alpha value is -3.00. The number of nitrogens with one attached hydrogen (secondary N) is 2. The van der Waals surface area contributed by atoms with Gasteiger partial charge in [-0.2, -0.15) is 8.78 Å². The topological polar surface area (TPSA) is 79.8 Å². The van der Waals surface area contributed by atoms with Gasteiger partial charge in [-0.15, -0.1) is 0 Å². The van der Waals surface area contributed by atoms with Crippen LogP contribution in [0.5, 0.6) is 5.75 Å². The molecule has 0 saturated heterocycles. The van der Waals surface area contributed by atoms with E-state index in [9.17, 15) is 18.4 Å². The van der Waals surface area contributed by atoms with Crippen molar-refractivity contribution in [1.82, 2.24) is 10.6 Å². The number of amides is 2. The molecule has 2 aromatic rings. The largest absolute Gasteiger partial charge is 0.435 e. The molecule has 1 aliphatic heterocycles. The number of benzene rings is 2. The number of rotatable bonds is 4. The number of alkyl halides is 2. The quantitative estimate of drug-likeness (QED) is 0.836. The van der Waals surface area contributed by atoms with Gasteiger partial charge in [-0.3, -0.25) is 20.2 Å². The molecule has 0 radical (unpaired) electrons. The van der Waals surface area contributed by atoms with Crippen molar-refractivity contribution in [2.45, 2.75) is 19.1 Å². The molecule has 0 spiro atoms. The van der Waals surface area contributed by atoms with Gasteiger partial charge >= 0.3 is 6.61 Å². The van der Waals surface area contributed by atoms with Crippen molar-refractivity contribution >= 4 is 29.4 Å². The van der Waals surface area contributed by atoms with E-state index < -0.39 is 18.6 Å². The van der Waals surface area contributed by atoms with E-state index in [0.717, 1.165) is 5.56 Å². The highest BCUT2D eigenvalue weighted by Gasteiger charge is 2.23. The first-order chi connectivity index (χ1) is 12.9. The maximum absolute atomic E-state index is 12.3. The molecule has 2 aromatic carbocycles. The summed E-state index contributed by atoms with van der Waals surface area (Å²) in [6.07, 6.45) is 0.140. The molecule has 0 aromatic heterocycles. The van der Waals surface area contributed by atoms with Gasteiger partial charge in [-0.1, -0.05) is 23.7 Å². The van der Waals surface area contributed by atoms with Gasteiger partial charge in [0.2, 0.25) is 11.9 Å². The van der Waals surface area contributed by atoms with E-state index >= 15 is 0 Å². The molecule has 1 aliphatic rings. The second kappa shape index (κ2) is 8.13. The number of halogens is 3. The Bertz CT molecular complexity index is 870. The molecule has 0 aliphatic carbocycles. The van der Waals surface area contributed by atoms with E-state index in [4.69, 9.17) is 11.6 Å². The molecule has 9 heteroatoms. The predicted molar refractivity (Wildman–Crippen MR) is 94.9 cm³/mol. The molecule has 27 heavy (non-hydrogen) atoms. The normalized spacial score (nSPS) is 16.5. The molecule has 0 saturated carbocycles. The fraction of sp³-hybridized carbons (Fsp3) is 0.167. The zero-order chi connectivity index (χ0) is 19.4. The van der Waals surface area contributed by atoms with Crippen molar-refractivity contribution < 1.29 is 23.1 Å². The Balaban J connectivity index is 1.72. The van der Waals surface area contributed by atoms with Gasteiger partial charge in [-0.25, -0.2) is 4.99 Å². The van der Waals surface area contributed by atoms with Crippen LogP contribution >= 0.6 is 11.6 Å². The van der Waals surface area contributed by atoms with Gasteiger partial charge in [0.1, 0.15) is 5.75 Å². The Morgan fingerprint density at radius 1 is 1.19 bits per heavy atom. The number of aliphatic imine (C=N–C) groups is 1. The molecule has 6 nitrogen and oxygen atoms in total. The predicted octanol–water partition coefficient (Wildman–Crippen LogP) is 3.29. The third kappa shape index (κ3) is 5.01. The highest BCUT2D eigenvalue weighted by Crippen LogP contribution is 2.25. The minimum Gasteiger partial charge on any atom is -0.435 e. The first-order valence-corrected chi connectivity index (χ1v) is 8.28. The number of carbonyl (C=O) groups excluding carboxylic acids is 2. The molecular formula is C18H14ClF2N3O3. The lowest BCUT2D eigenvalue weighted by atomic mass is 10.0. The van der Waals surface area contributed by atoms with Crippen molar-refractivity contribution in [3.05, 3.63) is 64.7 Å². The third-order valence-electron chi connectivity index (χ3n) is 3.75. The lowest BCUT2D eigenvalue weighted by molar-refractivity contribution is -0.120. The summed E-state index contributed by atoms with van der Waals surface area (Å²) in [7, 11) is 0. The molecule has 0 bridgehead atoms. The number of ether oxygens (including phenoxy) is 1. The molecule has 140 valence electrons. The van der Waals surface area contributed by atoms with Crippen LogP contribution in [-0.4, -0.2) is 24.4 Å². The molecular weight excluding hydrogens is 380 g/mol. The van der Waals surface area contributed by atoms with Crippen LogP contribution in [0.25, 0.3) is 0 Å². The van der Waals surface area contributed by atoms with Crippen molar-refractivity contribution in [2.75, 3.05) is 0 Å². The highest BCUT2D eigenvalue weighted by molar-refractivity contribution is 6.30. The summed E-state index contributed by atoms with van der Waals surface area (Å²) in [6.45, 7) is -2.94. The number of guanidine groups is 1. The molecule has 3 rings (SSSR count). The Morgan fingerprint density at radius 3 is 2.48 bits per heavy atom. The Kier molecular flexibility index (Phi) is 5.66. The van der Waals surface area contributed by atoms with Gasteiger partial charge in [0.15, 0.2) is 0 Å². The van der Waals surface area contributed by atoms with Crippen molar-refractivity contribution in [3.8, 4) is 5.75 Å². The maximum atomic E-state index is 12.3. The van der Waals surface area contributed by atoms with E-state index in [0.29, 0.717) is 5.02 Å². The van der Waals surface area contributed by atoms with Crippen LogP contribution in [0.3, 0.4) is 0 Å². The molecule has 0 fully saturated rings. The van der Waals surface area contributed by atoms with Crippen molar-refractivity contribution in [1.29, 1.82) is 0 Å². The number of nitrogens with zero attached hydrogens (tertiary/aromatic N) is 1. The van der Waals surface area contributed by atoms with Gasteiger partial charge < -0.3 is 4.74 Å². The van der Waals surface area contributed by atoms with Gasteiger partial charge in [0.05, 0.1) is 12.5 Å². The van der Waals surface area contributed by atoms with Crippen LogP contribution in [0.4, 0.5) is 8.78 Å². The number of hydrogen-bond donors (Lipinski definition) is 2. The van der Waals surface area contributed by atoms with Crippen LogP contribution in [0, 0.1) is 0 Å². The second-order valence-electron chi connectivity index (χ2n) is 5.65. The second-order valence-corrected chi connectivity index (χ2v) is 6.09. The van der Waals surface area contributed by atoms with E-state index in [1.807, 2.05) is 0 Å². The maximum Gasteiger partial charge on any atom is 0.387 e. The fourth-order valence-corrected chi connectivity index (χ4v) is 2.63. The minimum absolute atomic E-state index is 0.0177. The summed E-state index contributed by atoms with van der Waals surface area (Å²) < 4.78 is 28.5. The van der Waals surface area contributed by atoms with Crippen LogP contribution in [0.15, 0.2) is 53.5 Å².